The highest BCUT2D eigenvalue weighted by atomic mass is 16.5. The number of nitriles is 1. The Morgan fingerprint density at radius 3 is 3.00 bits per heavy atom. The van der Waals surface area contributed by atoms with Gasteiger partial charge in [0.2, 0.25) is 0 Å². The second-order valence-electron chi connectivity index (χ2n) is 2.44. The van der Waals surface area contributed by atoms with E-state index in [9.17, 15) is 4.79 Å². The molecule has 0 fully saturated rings. The summed E-state index contributed by atoms with van der Waals surface area (Å²) in [4.78, 5) is 10.7. The lowest BCUT2D eigenvalue weighted by Gasteiger charge is -1.93. The number of aromatic hydroxyl groups is 1. The Kier molecular flexibility index (Phi) is 3.27. The lowest BCUT2D eigenvalue weighted by molar-refractivity contribution is -0.131. The molecule has 0 heterocycles. The van der Waals surface area contributed by atoms with E-state index in [4.69, 9.17) is 10.4 Å². The molecule has 0 aliphatic rings. The van der Waals surface area contributed by atoms with E-state index in [1.165, 1.54) is 24.5 Å². The van der Waals surface area contributed by atoms with Crippen LogP contribution in [0.5, 0.6) is 5.75 Å². The van der Waals surface area contributed by atoms with Gasteiger partial charge < -0.3 is 9.84 Å². The third kappa shape index (κ3) is 2.99. The highest BCUT2D eigenvalue weighted by Crippen LogP contribution is 2.11. The third-order valence-electron chi connectivity index (χ3n) is 1.43. The summed E-state index contributed by atoms with van der Waals surface area (Å²) in [7, 11) is 0. The van der Waals surface area contributed by atoms with Gasteiger partial charge in [-0.25, -0.2) is 4.79 Å². The van der Waals surface area contributed by atoms with Crippen molar-refractivity contribution in [2.24, 2.45) is 0 Å². The molecule has 0 aliphatic carbocycles. The molecular weight excluding hydrogens is 182 g/mol. The van der Waals surface area contributed by atoms with Crippen molar-refractivity contribution in [2.45, 2.75) is 0 Å². The van der Waals surface area contributed by atoms with Gasteiger partial charge in [0.25, 0.3) is 6.26 Å². The molecule has 70 valence electrons. The molecule has 0 saturated heterocycles. The Hall–Kier alpha value is -2.28. The van der Waals surface area contributed by atoms with Crippen molar-refractivity contribution in [3.63, 3.8) is 0 Å². The minimum Gasteiger partial charge on any atom is -0.508 e. The zero-order chi connectivity index (χ0) is 10.4. The molecule has 1 aromatic rings. The van der Waals surface area contributed by atoms with Crippen molar-refractivity contribution in [1.82, 2.24) is 0 Å². The van der Waals surface area contributed by atoms with E-state index in [0.717, 1.165) is 6.08 Å². The van der Waals surface area contributed by atoms with Crippen molar-refractivity contribution in [3.8, 4) is 12.0 Å². The van der Waals surface area contributed by atoms with Gasteiger partial charge in [-0.2, -0.15) is 0 Å². The standard InChI is InChI=1S/C10H7NO3/c11-7-14-10(13)5-4-8-2-1-3-9(12)6-8/h1-6,12H. The predicted molar refractivity (Wildman–Crippen MR) is 48.8 cm³/mol. The molecule has 0 spiro atoms. The van der Waals surface area contributed by atoms with Gasteiger partial charge in [0, 0.05) is 6.08 Å². The summed E-state index contributed by atoms with van der Waals surface area (Å²) in [5.74, 6) is -0.628. The summed E-state index contributed by atoms with van der Waals surface area (Å²) < 4.78 is 4.01. The van der Waals surface area contributed by atoms with Crippen LogP contribution >= 0.6 is 0 Å². The van der Waals surface area contributed by atoms with Crippen molar-refractivity contribution in [2.75, 3.05) is 0 Å². The van der Waals surface area contributed by atoms with E-state index in [-0.39, 0.29) is 5.75 Å². The van der Waals surface area contributed by atoms with Gasteiger partial charge in [-0.1, -0.05) is 12.1 Å². The van der Waals surface area contributed by atoms with Crippen molar-refractivity contribution < 1.29 is 14.6 Å². The minimum absolute atomic E-state index is 0.112. The molecule has 1 N–H and O–H groups in total. The maximum Gasteiger partial charge on any atom is 0.346 e. The first-order chi connectivity index (χ1) is 6.72. The zero-order valence-corrected chi connectivity index (χ0v) is 7.18. The topological polar surface area (TPSA) is 70.3 Å². The largest absolute Gasteiger partial charge is 0.508 e. The molecule has 0 radical (unpaired) electrons. The maximum atomic E-state index is 10.7. The molecule has 0 saturated carbocycles. The number of rotatable bonds is 2. The number of nitrogens with zero attached hydrogens (tertiary/aromatic N) is 1. The number of hydrogen-bond acceptors (Lipinski definition) is 4. The second-order valence-corrected chi connectivity index (χ2v) is 2.44. The molecule has 14 heavy (non-hydrogen) atoms. The number of phenols is 1. The Morgan fingerprint density at radius 1 is 1.57 bits per heavy atom. The first kappa shape index (κ1) is 9.81. The molecule has 4 nitrogen and oxygen atoms in total. The quantitative estimate of drug-likeness (QED) is 0.434. The van der Waals surface area contributed by atoms with Crippen molar-refractivity contribution in [3.05, 3.63) is 35.9 Å². The molecule has 0 unspecified atom stereocenters. The smallest absolute Gasteiger partial charge is 0.346 e. The third-order valence-corrected chi connectivity index (χ3v) is 1.43. The van der Waals surface area contributed by atoms with E-state index in [1.54, 1.807) is 12.1 Å². The molecule has 0 atom stereocenters. The number of hydrogen-bond donors (Lipinski definition) is 1. The highest BCUT2D eigenvalue weighted by Gasteiger charge is 1.95. The van der Waals surface area contributed by atoms with Crippen LogP contribution in [0.3, 0.4) is 0 Å². The zero-order valence-electron chi connectivity index (χ0n) is 7.18. The van der Waals surface area contributed by atoms with Crippen LogP contribution in [0, 0.1) is 11.5 Å². The van der Waals surface area contributed by atoms with Gasteiger partial charge in [0.15, 0.2) is 0 Å². The fourth-order valence-corrected chi connectivity index (χ4v) is 0.872. The Morgan fingerprint density at radius 2 is 2.36 bits per heavy atom. The van der Waals surface area contributed by atoms with Gasteiger partial charge in [-0.15, -0.1) is 5.26 Å². The summed E-state index contributed by atoms with van der Waals surface area (Å²) >= 11 is 0. The molecule has 1 aromatic carbocycles. The first-order valence-corrected chi connectivity index (χ1v) is 3.79. The van der Waals surface area contributed by atoms with Crippen LogP contribution in [0.25, 0.3) is 6.08 Å². The van der Waals surface area contributed by atoms with E-state index in [1.807, 2.05) is 0 Å². The van der Waals surface area contributed by atoms with Crippen LogP contribution in [0.4, 0.5) is 0 Å². The lowest BCUT2D eigenvalue weighted by Crippen LogP contribution is -1.92. The second kappa shape index (κ2) is 4.67. The Bertz CT molecular complexity index is 404. The first-order valence-electron chi connectivity index (χ1n) is 3.79. The fraction of sp³-hybridized carbons (Fsp3) is 0. The van der Waals surface area contributed by atoms with Crippen molar-refractivity contribution in [1.29, 1.82) is 5.26 Å². The molecule has 4 heteroatoms. The van der Waals surface area contributed by atoms with E-state index in [0.29, 0.717) is 5.56 Å². The van der Waals surface area contributed by atoms with Crippen LogP contribution in [-0.4, -0.2) is 11.1 Å². The van der Waals surface area contributed by atoms with Crippen LogP contribution in [0.15, 0.2) is 30.3 Å². The number of phenolic OH excluding ortho intramolecular Hbond substituents is 1. The average molecular weight is 189 g/mol. The van der Waals surface area contributed by atoms with Gasteiger partial charge in [0.1, 0.15) is 5.75 Å². The number of carbonyl (C=O) groups is 1. The summed E-state index contributed by atoms with van der Waals surface area (Å²) in [6.07, 6.45) is 3.82. The molecule has 0 amide bonds. The Labute approximate surface area is 80.7 Å². The molecule has 0 aromatic heterocycles. The molecule has 1 rings (SSSR count). The minimum atomic E-state index is -0.740. The van der Waals surface area contributed by atoms with Crippen molar-refractivity contribution >= 4 is 12.0 Å². The van der Waals surface area contributed by atoms with Crippen LogP contribution < -0.4 is 0 Å². The maximum absolute atomic E-state index is 10.7. The van der Waals surface area contributed by atoms with E-state index < -0.39 is 5.97 Å². The Balaban J connectivity index is 2.70. The molecule has 0 aliphatic heterocycles. The van der Waals surface area contributed by atoms with E-state index in [2.05, 4.69) is 4.74 Å². The number of carbonyl (C=O) groups excluding carboxylic acids is 1. The van der Waals surface area contributed by atoms with Crippen LogP contribution in [-0.2, 0) is 9.53 Å². The van der Waals surface area contributed by atoms with Gasteiger partial charge in [-0.3, -0.25) is 0 Å². The average Bonchev–Trinajstić information content (AvgIpc) is 2.15. The van der Waals surface area contributed by atoms with Gasteiger partial charge >= 0.3 is 5.97 Å². The summed E-state index contributed by atoms with van der Waals surface area (Å²) in [5, 5.41) is 17.1. The van der Waals surface area contributed by atoms with E-state index >= 15 is 0 Å². The predicted octanol–water partition coefficient (Wildman–Crippen LogP) is 1.43. The van der Waals surface area contributed by atoms with Gasteiger partial charge in [-0.05, 0) is 23.8 Å². The van der Waals surface area contributed by atoms with Crippen LogP contribution in [0.2, 0.25) is 0 Å². The van der Waals surface area contributed by atoms with Crippen LogP contribution in [0.1, 0.15) is 5.56 Å². The normalized spacial score (nSPS) is 9.64. The lowest BCUT2D eigenvalue weighted by atomic mass is 10.2. The highest BCUT2D eigenvalue weighted by molar-refractivity contribution is 5.87. The number of esters is 1. The molecule has 0 bridgehead atoms. The number of benzene rings is 1. The number of ether oxygens (including phenoxy) is 1. The SMILES string of the molecule is N#COC(=O)C=Cc1cccc(O)c1. The summed E-state index contributed by atoms with van der Waals surface area (Å²) in [6.45, 7) is 0. The monoisotopic (exact) mass is 189 g/mol. The van der Waals surface area contributed by atoms with Gasteiger partial charge in [0.05, 0.1) is 0 Å². The molecular formula is C10H7NO3. The fourth-order valence-electron chi connectivity index (χ4n) is 0.872. The summed E-state index contributed by atoms with van der Waals surface area (Å²) in [5.41, 5.74) is 0.653. The summed E-state index contributed by atoms with van der Waals surface area (Å²) in [6, 6.07) is 6.35.